The summed E-state index contributed by atoms with van der Waals surface area (Å²) in [6, 6.07) is 7.99. The molecule has 1 N–H and O–H groups in total. The predicted octanol–water partition coefficient (Wildman–Crippen LogP) is 2.29. The van der Waals surface area contributed by atoms with Gasteiger partial charge in [0.05, 0.1) is 18.8 Å². The van der Waals surface area contributed by atoms with Crippen molar-refractivity contribution in [1.29, 1.82) is 0 Å². The number of para-hydroxylation sites is 2. The van der Waals surface area contributed by atoms with Gasteiger partial charge in [-0.15, -0.1) is 0 Å². The Morgan fingerprint density at radius 3 is 3.20 bits per heavy atom. The Morgan fingerprint density at radius 1 is 1.47 bits per heavy atom. The number of benzene rings is 1. The number of hydrogen-bond donors (Lipinski definition) is 1. The van der Waals surface area contributed by atoms with Crippen LogP contribution < -0.4 is 10.1 Å². The number of fused-ring (bicyclic) bond motifs is 1. The highest BCUT2D eigenvalue weighted by Crippen LogP contribution is 2.28. The lowest BCUT2D eigenvalue weighted by atomic mass is 10.2. The third-order valence-corrected chi connectivity index (χ3v) is 2.35. The van der Waals surface area contributed by atoms with Crippen LogP contribution in [0, 0.1) is 0 Å². The molecule has 2 rings (SSSR count). The van der Waals surface area contributed by atoms with Crippen molar-refractivity contribution >= 4 is 5.69 Å². The topological polar surface area (TPSA) is 30.5 Å². The van der Waals surface area contributed by atoms with Gasteiger partial charge in [0.1, 0.15) is 11.9 Å². The largest absolute Gasteiger partial charge is 0.484 e. The number of nitrogens with one attached hydrogen (secondary N) is 1. The highest BCUT2D eigenvalue weighted by Gasteiger charge is 2.18. The monoisotopic (exact) mass is 207 g/mol. The van der Waals surface area contributed by atoms with Gasteiger partial charge in [0.15, 0.2) is 0 Å². The SMILES string of the molecule is CCCOCC1CNc2ccccc2O1. The van der Waals surface area contributed by atoms with E-state index in [-0.39, 0.29) is 6.10 Å². The fraction of sp³-hybridized carbons (Fsp3) is 0.500. The van der Waals surface area contributed by atoms with Crippen molar-refractivity contribution in [1.82, 2.24) is 0 Å². The molecule has 1 aliphatic heterocycles. The van der Waals surface area contributed by atoms with Crippen molar-refractivity contribution in [2.24, 2.45) is 0 Å². The number of hydrogen-bond acceptors (Lipinski definition) is 3. The van der Waals surface area contributed by atoms with Crippen LogP contribution in [0.4, 0.5) is 5.69 Å². The minimum absolute atomic E-state index is 0.131. The van der Waals surface area contributed by atoms with Crippen LogP contribution in [-0.4, -0.2) is 25.9 Å². The highest BCUT2D eigenvalue weighted by atomic mass is 16.5. The maximum absolute atomic E-state index is 5.79. The molecule has 0 saturated carbocycles. The molecule has 0 bridgehead atoms. The number of rotatable bonds is 4. The molecule has 0 saturated heterocycles. The molecule has 3 nitrogen and oxygen atoms in total. The third-order valence-electron chi connectivity index (χ3n) is 2.35. The van der Waals surface area contributed by atoms with E-state index in [4.69, 9.17) is 9.47 Å². The standard InChI is InChI=1S/C12H17NO2/c1-2-7-14-9-10-8-13-11-5-3-4-6-12(11)15-10/h3-6,10,13H,2,7-9H2,1H3. The normalized spacial score (nSPS) is 18.9. The summed E-state index contributed by atoms with van der Waals surface area (Å²) >= 11 is 0. The van der Waals surface area contributed by atoms with E-state index in [2.05, 4.69) is 12.2 Å². The Balaban J connectivity index is 1.88. The molecule has 0 fully saturated rings. The van der Waals surface area contributed by atoms with Crippen molar-refractivity contribution in [2.45, 2.75) is 19.4 Å². The summed E-state index contributed by atoms with van der Waals surface area (Å²) in [5.74, 6) is 0.925. The van der Waals surface area contributed by atoms with E-state index < -0.39 is 0 Å². The summed E-state index contributed by atoms with van der Waals surface area (Å²) in [7, 11) is 0. The lowest BCUT2D eigenvalue weighted by Crippen LogP contribution is -2.34. The summed E-state index contributed by atoms with van der Waals surface area (Å²) in [6.07, 6.45) is 1.18. The van der Waals surface area contributed by atoms with Crippen LogP contribution in [-0.2, 0) is 4.74 Å². The van der Waals surface area contributed by atoms with E-state index in [1.54, 1.807) is 0 Å². The molecular formula is C12H17NO2. The number of ether oxygens (including phenoxy) is 2. The van der Waals surface area contributed by atoms with Crippen LogP contribution in [0.3, 0.4) is 0 Å². The molecule has 1 unspecified atom stereocenters. The molecule has 82 valence electrons. The summed E-state index contributed by atoms with van der Waals surface area (Å²) < 4.78 is 11.3. The van der Waals surface area contributed by atoms with Crippen LogP contribution in [0.1, 0.15) is 13.3 Å². The lowest BCUT2D eigenvalue weighted by molar-refractivity contribution is 0.0535. The molecular weight excluding hydrogens is 190 g/mol. The van der Waals surface area contributed by atoms with Gasteiger partial charge in [0, 0.05) is 6.61 Å². The van der Waals surface area contributed by atoms with Gasteiger partial charge in [-0.3, -0.25) is 0 Å². The second kappa shape index (κ2) is 5.03. The van der Waals surface area contributed by atoms with Gasteiger partial charge in [-0.1, -0.05) is 19.1 Å². The van der Waals surface area contributed by atoms with Crippen LogP contribution >= 0.6 is 0 Å². The van der Waals surface area contributed by atoms with E-state index >= 15 is 0 Å². The fourth-order valence-electron chi connectivity index (χ4n) is 1.61. The van der Waals surface area contributed by atoms with Crippen LogP contribution in [0.15, 0.2) is 24.3 Å². The second-order valence-electron chi connectivity index (χ2n) is 3.69. The first kappa shape index (κ1) is 10.3. The molecule has 0 aliphatic carbocycles. The van der Waals surface area contributed by atoms with Gasteiger partial charge in [0.2, 0.25) is 0 Å². The molecule has 0 spiro atoms. The Labute approximate surface area is 90.4 Å². The molecule has 0 aromatic heterocycles. The smallest absolute Gasteiger partial charge is 0.143 e. The Morgan fingerprint density at radius 2 is 2.33 bits per heavy atom. The maximum atomic E-state index is 5.79. The molecule has 1 heterocycles. The van der Waals surface area contributed by atoms with Crippen LogP contribution in [0.5, 0.6) is 5.75 Å². The average Bonchev–Trinajstić information content (AvgIpc) is 2.29. The summed E-state index contributed by atoms with van der Waals surface area (Å²) in [6.45, 7) is 4.40. The summed E-state index contributed by atoms with van der Waals surface area (Å²) in [5.41, 5.74) is 1.07. The Hall–Kier alpha value is -1.22. The van der Waals surface area contributed by atoms with Gasteiger partial charge in [0.25, 0.3) is 0 Å². The first-order valence-electron chi connectivity index (χ1n) is 5.47. The van der Waals surface area contributed by atoms with Crippen LogP contribution in [0.2, 0.25) is 0 Å². The highest BCUT2D eigenvalue weighted by molar-refractivity contribution is 5.57. The van der Waals surface area contributed by atoms with Crippen molar-refractivity contribution in [3.63, 3.8) is 0 Å². The van der Waals surface area contributed by atoms with E-state index in [1.807, 2.05) is 24.3 Å². The van der Waals surface area contributed by atoms with Gasteiger partial charge in [-0.05, 0) is 18.6 Å². The Bertz CT molecular complexity index is 314. The maximum Gasteiger partial charge on any atom is 0.143 e. The molecule has 1 aromatic carbocycles. The fourth-order valence-corrected chi connectivity index (χ4v) is 1.61. The minimum atomic E-state index is 0.131. The van der Waals surface area contributed by atoms with E-state index in [9.17, 15) is 0 Å². The zero-order valence-electron chi connectivity index (χ0n) is 9.03. The minimum Gasteiger partial charge on any atom is -0.484 e. The summed E-state index contributed by atoms with van der Waals surface area (Å²) in [4.78, 5) is 0. The van der Waals surface area contributed by atoms with Gasteiger partial charge in [-0.25, -0.2) is 0 Å². The number of anilines is 1. The van der Waals surface area contributed by atoms with Crippen molar-refractivity contribution in [3.8, 4) is 5.75 Å². The van der Waals surface area contributed by atoms with Crippen molar-refractivity contribution < 1.29 is 9.47 Å². The predicted molar refractivity (Wildman–Crippen MR) is 60.5 cm³/mol. The molecule has 3 heteroatoms. The van der Waals surface area contributed by atoms with E-state index in [1.165, 1.54) is 0 Å². The summed E-state index contributed by atoms with van der Waals surface area (Å²) in [5, 5.41) is 3.33. The second-order valence-corrected chi connectivity index (χ2v) is 3.69. The van der Waals surface area contributed by atoms with Crippen molar-refractivity contribution in [2.75, 3.05) is 25.1 Å². The molecule has 0 amide bonds. The molecule has 1 aromatic rings. The average molecular weight is 207 g/mol. The van der Waals surface area contributed by atoms with Crippen LogP contribution in [0.25, 0.3) is 0 Å². The zero-order valence-corrected chi connectivity index (χ0v) is 9.03. The Kier molecular flexibility index (Phi) is 3.45. The van der Waals surface area contributed by atoms with Gasteiger partial charge in [-0.2, -0.15) is 0 Å². The lowest BCUT2D eigenvalue weighted by Gasteiger charge is -2.27. The van der Waals surface area contributed by atoms with E-state index in [0.717, 1.165) is 31.0 Å². The first-order chi connectivity index (χ1) is 7.40. The molecule has 0 radical (unpaired) electrons. The van der Waals surface area contributed by atoms with Gasteiger partial charge >= 0.3 is 0 Å². The van der Waals surface area contributed by atoms with Crippen molar-refractivity contribution in [3.05, 3.63) is 24.3 Å². The van der Waals surface area contributed by atoms with E-state index in [0.29, 0.717) is 6.61 Å². The quantitative estimate of drug-likeness (QED) is 0.768. The third kappa shape index (κ3) is 2.63. The molecule has 1 atom stereocenters. The zero-order chi connectivity index (χ0) is 10.5. The molecule has 15 heavy (non-hydrogen) atoms. The first-order valence-corrected chi connectivity index (χ1v) is 5.47. The van der Waals surface area contributed by atoms with Gasteiger partial charge < -0.3 is 14.8 Å². The molecule has 1 aliphatic rings.